The summed E-state index contributed by atoms with van der Waals surface area (Å²) < 4.78 is 5.20. The molecule has 1 aliphatic rings. The minimum Gasteiger partial charge on any atom is -0.497 e. The number of hydrogen-bond acceptors (Lipinski definition) is 4. The Balaban J connectivity index is 2.04. The molecule has 1 aromatic rings. The third kappa shape index (κ3) is 2.63. The summed E-state index contributed by atoms with van der Waals surface area (Å²) in [6.45, 7) is 0.177. The summed E-state index contributed by atoms with van der Waals surface area (Å²) in [7, 11) is 1.63. The highest BCUT2D eigenvalue weighted by Gasteiger charge is 2.23. The second-order valence-electron chi connectivity index (χ2n) is 4.48. The monoisotopic (exact) mass is 250 g/mol. The highest BCUT2D eigenvalue weighted by molar-refractivity contribution is 5.78. The molecule has 2 atom stereocenters. The zero-order valence-corrected chi connectivity index (χ0v) is 10.3. The van der Waals surface area contributed by atoms with Crippen molar-refractivity contribution in [3.05, 3.63) is 29.3 Å². The van der Waals surface area contributed by atoms with Gasteiger partial charge in [-0.2, -0.15) is 0 Å². The Bertz CT molecular complexity index is 448. The van der Waals surface area contributed by atoms with Crippen molar-refractivity contribution in [1.82, 2.24) is 5.32 Å². The van der Waals surface area contributed by atoms with Crippen LogP contribution in [0.4, 0.5) is 0 Å². The summed E-state index contributed by atoms with van der Waals surface area (Å²) in [6.07, 6.45) is 0.803. The van der Waals surface area contributed by atoms with Crippen LogP contribution in [0.2, 0.25) is 0 Å². The predicted octanol–water partition coefficient (Wildman–Crippen LogP) is 0.118. The van der Waals surface area contributed by atoms with Gasteiger partial charge in [0.05, 0.1) is 7.11 Å². The Morgan fingerprint density at radius 3 is 3.11 bits per heavy atom. The van der Waals surface area contributed by atoms with Crippen molar-refractivity contribution in [2.45, 2.75) is 25.0 Å². The maximum atomic E-state index is 10.8. The van der Waals surface area contributed by atoms with E-state index in [2.05, 4.69) is 11.4 Å². The van der Waals surface area contributed by atoms with E-state index >= 15 is 0 Å². The molecular weight excluding hydrogens is 232 g/mol. The van der Waals surface area contributed by atoms with Crippen LogP contribution in [0.25, 0.3) is 0 Å². The molecule has 0 heterocycles. The number of nitrogens with two attached hydrogens (primary N) is 1. The van der Waals surface area contributed by atoms with Crippen LogP contribution >= 0.6 is 0 Å². The molecule has 2 rings (SSSR count). The van der Waals surface area contributed by atoms with Gasteiger partial charge >= 0.3 is 0 Å². The molecule has 18 heavy (non-hydrogen) atoms. The number of fused-ring (bicyclic) bond motifs is 1. The van der Waals surface area contributed by atoms with Crippen molar-refractivity contribution < 1.29 is 14.6 Å². The fourth-order valence-electron chi connectivity index (χ4n) is 2.27. The number of carbonyl (C=O) groups excluding carboxylic acids is 1. The van der Waals surface area contributed by atoms with E-state index in [1.54, 1.807) is 7.11 Å². The van der Waals surface area contributed by atoms with Crippen molar-refractivity contribution in [3.63, 3.8) is 0 Å². The lowest BCUT2D eigenvalue weighted by atomic mass is 10.1. The minimum atomic E-state index is -1.14. The van der Waals surface area contributed by atoms with Gasteiger partial charge in [0.15, 0.2) is 0 Å². The Morgan fingerprint density at radius 1 is 1.67 bits per heavy atom. The number of aliphatic hydroxyl groups is 1. The number of primary amides is 1. The largest absolute Gasteiger partial charge is 0.497 e. The molecule has 0 aliphatic heterocycles. The number of benzene rings is 1. The summed E-state index contributed by atoms with van der Waals surface area (Å²) in [5, 5.41) is 12.5. The summed E-state index contributed by atoms with van der Waals surface area (Å²) in [6, 6.07) is 6.14. The third-order valence-corrected chi connectivity index (χ3v) is 3.32. The second kappa shape index (κ2) is 5.37. The first-order chi connectivity index (χ1) is 8.61. The van der Waals surface area contributed by atoms with Crippen LogP contribution < -0.4 is 15.8 Å². The van der Waals surface area contributed by atoms with Crippen LogP contribution in [0, 0.1) is 0 Å². The standard InChI is InChI=1S/C13H18N2O3/c1-18-9-4-2-8-3-5-11(10(8)6-9)15-7-12(16)13(14)17/h2,4,6,11-12,15-16H,3,5,7H2,1H3,(H2,14,17). The fourth-order valence-corrected chi connectivity index (χ4v) is 2.27. The van der Waals surface area contributed by atoms with Crippen LogP contribution in [-0.4, -0.2) is 30.8 Å². The van der Waals surface area contributed by atoms with E-state index in [9.17, 15) is 9.90 Å². The summed E-state index contributed by atoms with van der Waals surface area (Å²) in [4.78, 5) is 10.8. The summed E-state index contributed by atoms with van der Waals surface area (Å²) >= 11 is 0. The lowest BCUT2D eigenvalue weighted by Gasteiger charge is -2.16. The third-order valence-electron chi connectivity index (χ3n) is 3.32. The SMILES string of the molecule is COc1ccc2c(c1)C(NCC(O)C(N)=O)CC2. The molecule has 1 aromatic carbocycles. The Kier molecular flexibility index (Phi) is 3.84. The van der Waals surface area contributed by atoms with E-state index in [1.807, 2.05) is 12.1 Å². The van der Waals surface area contributed by atoms with E-state index in [0.29, 0.717) is 0 Å². The second-order valence-corrected chi connectivity index (χ2v) is 4.48. The van der Waals surface area contributed by atoms with E-state index in [1.165, 1.54) is 11.1 Å². The predicted molar refractivity (Wildman–Crippen MR) is 67.3 cm³/mol. The van der Waals surface area contributed by atoms with E-state index < -0.39 is 12.0 Å². The lowest BCUT2D eigenvalue weighted by Crippen LogP contribution is -2.38. The van der Waals surface area contributed by atoms with Gasteiger partial charge in [0.25, 0.3) is 0 Å². The van der Waals surface area contributed by atoms with Gasteiger partial charge in [-0.3, -0.25) is 4.79 Å². The number of aryl methyl sites for hydroxylation is 1. The van der Waals surface area contributed by atoms with Crippen LogP contribution in [0.5, 0.6) is 5.75 Å². The van der Waals surface area contributed by atoms with Crippen LogP contribution in [0.15, 0.2) is 18.2 Å². The van der Waals surface area contributed by atoms with E-state index in [0.717, 1.165) is 18.6 Å². The number of ether oxygens (including phenoxy) is 1. The molecular formula is C13H18N2O3. The maximum absolute atomic E-state index is 10.8. The molecule has 0 radical (unpaired) electrons. The van der Waals surface area contributed by atoms with E-state index in [-0.39, 0.29) is 12.6 Å². The summed E-state index contributed by atoms with van der Waals surface area (Å²) in [5.74, 6) is 0.115. The molecule has 0 fully saturated rings. The van der Waals surface area contributed by atoms with Gasteiger partial charge in [-0.1, -0.05) is 6.07 Å². The Morgan fingerprint density at radius 2 is 2.44 bits per heavy atom. The van der Waals surface area contributed by atoms with Crippen molar-refractivity contribution in [2.24, 2.45) is 5.73 Å². The van der Waals surface area contributed by atoms with Crippen molar-refractivity contribution in [1.29, 1.82) is 0 Å². The fraction of sp³-hybridized carbons (Fsp3) is 0.462. The molecule has 2 unspecified atom stereocenters. The normalized spacial score (nSPS) is 19.3. The highest BCUT2D eigenvalue weighted by Crippen LogP contribution is 2.33. The maximum Gasteiger partial charge on any atom is 0.247 e. The quantitative estimate of drug-likeness (QED) is 0.693. The number of rotatable bonds is 5. The zero-order valence-electron chi connectivity index (χ0n) is 10.3. The highest BCUT2D eigenvalue weighted by atomic mass is 16.5. The Hall–Kier alpha value is -1.59. The van der Waals surface area contributed by atoms with Crippen molar-refractivity contribution in [2.75, 3.05) is 13.7 Å². The smallest absolute Gasteiger partial charge is 0.247 e. The van der Waals surface area contributed by atoms with Crippen LogP contribution in [0.1, 0.15) is 23.6 Å². The van der Waals surface area contributed by atoms with Crippen molar-refractivity contribution in [3.8, 4) is 5.75 Å². The number of aliphatic hydroxyl groups excluding tert-OH is 1. The molecule has 5 nitrogen and oxygen atoms in total. The molecule has 0 aromatic heterocycles. The molecule has 4 N–H and O–H groups in total. The van der Waals surface area contributed by atoms with E-state index in [4.69, 9.17) is 10.5 Å². The number of carbonyl (C=O) groups is 1. The van der Waals surface area contributed by atoms with Gasteiger partial charge < -0.3 is 20.9 Å². The molecule has 1 amide bonds. The van der Waals surface area contributed by atoms with Gasteiger partial charge in [0.1, 0.15) is 11.9 Å². The Labute approximate surface area is 106 Å². The van der Waals surface area contributed by atoms with Gasteiger partial charge in [0.2, 0.25) is 5.91 Å². The molecule has 0 spiro atoms. The number of amides is 1. The average molecular weight is 250 g/mol. The first-order valence-electron chi connectivity index (χ1n) is 5.99. The van der Waals surface area contributed by atoms with Gasteiger partial charge in [-0.25, -0.2) is 0 Å². The van der Waals surface area contributed by atoms with Gasteiger partial charge in [0, 0.05) is 12.6 Å². The average Bonchev–Trinajstić information content (AvgIpc) is 2.77. The number of methoxy groups -OCH3 is 1. The topological polar surface area (TPSA) is 84.6 Å². The number of hydrogen-bond donors (Lipinski definition) is 3. The van der Waals surface area contributed by atoms with Crippen LogP contribution in [0.3, 0.4) is 0 Å². The molecule has 0 saturated heterocycles. The number of nitrogens with one attached hydrogen (secondary N) is 1. The minimum absolute atomic E-state index is 0.143. The first-order valence-corrected chi connectivity index (χ1v) is 5.99. The summed E-state index contributed by atoms with van der Waals surface area (Å²) in [5.41, 5.74) is 7.46. The molecule has 0 bridgehead atoms. The molecule has 1 aliphatic carbocycles. The first kappa shape index (κ1) is 12.9. The van der Waals surface area contributed by atoms with Gasteiger partial charge in [-0.15, -0.1) is 0 Å². The van der Waals surface area contributed by atoms with Gasteiger partial charge in [-0.05, 0) is 36.1 Å². The lowest BCUT2D eigenvalue weighted by molar-refractivity contribution is -0.125. The van der Waals surface area contributed by atoms with Crippen LogP contribution in [-0.2, 0) is 11.2 Å². The molecule has 98 valence electrons. The molecule has 5 heteroatoms. The van der Waals surface area contributed by atoms with Crippen molar-refractivity contribution >= 4 is 5.91 Å². The molecule has 0 saturated carbocycles. The zero-order chi connectivity index (χ0) is 13.1.